The predicted octanol–water partition coefficient (Wildman–Crippen LogP) is 18.7. The largest absolute Gasteiger partial charge is 0.390 e. The van der Waals surface area contributed by atoms with E-state index in [-0.39, 0.29) is 46.8 Å². The monoisotopic (exact) mass is 2060 g/mol. The van der Waals surface area contributed by atoms with Gasteiger partial charge in [-0.05, 0) is 275 Å². The molecule has 0 radical (unpaired) electrons. The first-order valence-electron chi connectivity index (χ1n) is 44.6. The van der Waals surface area contributed by atoms with E-state index < -0.39 is 59.7 Å². The summed E-state index contributed by atoms with van der Waals surface area (Å²) < 4.78 is 11.2. The van der Waals surface area contributed by atoms with Crippen molar-refractivity contribution >= 4 is 186 Å². The molecule has 4 spiro atoms. The normalized spacial score (nSPS) is 29.3. The van der Waals surface area contributed by atoms with Crippen LogP contribution in [0.15, 0.2) is 214 Å². The number of nitrogens with two attached hydrogens (primary N) is 2. The highest BCUT2D eigenvalue weighted by atomic mass is 79.9. The molecular weight excluding hydrogens is 1970 g/mol. The summed E-state index contributed by atoms with van der Waals surface area (Å²) in [6, 6.07) is 40.1. The second-order valence-electron chi connectivity index (χ2n) is 38.0. The maximum absolute atomic E-state index is 11.2. The SMILES string of the molecule is Cc1ncnc2c1ccn2[C@@H]1C[C@@]2(C=C[C@@H](c3ccc4cc(Br)c(N)nc4c3)C2)[C@@H](O)[C@H]1O.Cc1ncnc2c1ccn2[C@@H]1C[C@@]2(C=C[C@H](c3ccc4cc(Br)c(N)nc4c3)C2)[C@@H](O)[C@H]1O.Cc1ncnc2c1ccn2[C@@H]1C[C@@]2(CC[C@@H](c3ccc4cc(Br)c(Cl)nc4c3)C2)[C@@H](O)[C@H]1O.Cc1ncnc2c1ccn2[C@@H]1C[C@@]2(CC[C@H](c3ccc4cc(Br)c(Cl)nc4c3)C2)[C@@H](O)[C@H]1O. The van der Waals surface area contributed by atoms with E-state index in [0.717, 1.165) is 204 Å². The quantitative estimate of drug-likeness (QED) is 0.0499. The van der Waals surface area contributed by atoms with Gasteiger partial charge in [-0.1, -0.05) is 96.0 Å². The summed E-state index contributed by atoms with van der Waals surface area (Å²) in [5.41, 5.74) is 25.3. The van der Waals surface area contributed by atoms with Crippen LogP contribution in [-0.2, 0) is 0 Å². The van der Waals surface area contributed by atoms with Crippen molar-refractivity contribution in [3.05, 3.63) is 269 Å². The summed E-state index contributed by atoms with van der Waals surface area (Å²) >= 11 is 26.2. The summed E-state index contributed by atoms with van der Waals surface area (Å²) in [4.78, 5) is 53.0. The lowest BCUT2D eigenvalue weighted by atomic mass is 9.80. The third-order valence-electron chi connectivity index (χ3n) is 30.7. The molecule has 6 saturated carbocycles. The van der Waals surface area contributed by atoms with Crippen molar-refractivity contribution in [2.75, 3.05) is 11.5 Å². The van der Waals surface area contributed by atoms with Crippen LogP contribution in [0.1, 0.15) is 170 Å². The molecule has 16 aromatic rings. The molecule has 0 aliphatic heterocycles. The number of hydrogen-bond donors (Lipinski definition) is 10. The van der Waals surface area contributed by atoms with Crippen LogP contribution in [0.3, 0.4) is 0 Å². The molecular formula is C100H96Br4Cl2N18O8. The Hall–Kier alpha value is -9.74. The first-order chi connectivity index (χ1) is 63.4. The van der Waals surface area contributed by atoms with Crippen molar-refractivity contribution in [1.29, 1.82) is 0 Å². The Kier molecular flexibility index (Phi) is 23.1. The summed E-state index contributed by atoms with van der Waals surface area (Å²) in [6.45, 7) is 7.82. The second-order valence-corrected chi connectivity index (χ2v) is 42.1. The molecule has 8 aliphatic carbocycles. The smallest absolute Gasteiger partial charge is 0.143 e. The van der Waals surface area contributed by atoms with Gasteiger partial charge in [-0.2, -0.15) is 0 Å². The predicted molar refractivity (Wildman–Crippen MR) is 524 cm³/mol. The number of pyridine rings is 4. The molecule has 0 saturated heterocycles. The molecule has 12 aromatic heterocycles. The van der Waals surface area contributed by atoms with Crippen LogP contribution in [0, 0.1) is 49.4 Å². The standard InChI is InChI=1S/2C25H24BrClN4O2.2C25H24BrN5O2/c4*1-13-17-5-7-31(24(17)29-12-28-13)20-11-25(22(33)21(20)32)6-4-16(10-25)14-2-3-15-8-18(26)23(27)30-19(15)9-14/h2*2-3,5,7-9,12,16,20-22,32-33H,4,6,10-11H2,1H3;2*2-9,12,16,20-22,32-33H,10-11H2,1H3,(H2,27,30)/t16-,20+,21-,22-,25-;16-,20-,21+,22+,25+;16-,20+,21-,22-,25-;16-,20-,21+,22+,25+/m0101/s1. The number of halogens is 6. The minimum Gasteiger partial charge on any atom is -0.390 e. The first kappa shape index (κ1) is 88.8. The fourth-order valence-corrected chi connectivity index (χ4v) is 25.2. The molecule has 12 N–H and O–H groups in total. The fraction of sp³-hybridized carbons (Fsp3) is 0.360. The van der Waals surface area contributed by atoms with Crippen LogP contribution in [0.4, 0.5) is 11.6 Å². The van der Waals surface area contributed by atoms with Crippen LogP contribution in [-0.4, -0.2) is 168 Å². The highest BCUT2D eigenvalue weighted by molar-refractivity contribution is 9.11. The van der Waals surface area contributed by atoms with E-state index in [1.165, 1.54) is 11.1 Å². The zero-order valence-electron chi connectivity index (χ0n) is 72.4. The van der Waals surface area contributed by atoms with Crippen LogP contribution in [0.25, 0.3) is 87.7 Å². The molecule has 0 bridgehead atoms. The minimum atomic E-state index is -0.880. The number of aliphatic hydroxyl groups excluding tert-OH is 8. The molecule has 12 heterocycles. The van der Waals surface area contributed by atoms with E-state index >= 15 is 0 Å². The minimum absolute atomic E-state index is 0.132. The summed E-state index contributed by atoms with van der Waals surface area (Å²) in [5, 5.41) is 98.0. The number of nitrogens with zero attached hydrogens (tertiary/aromatic N) is 16. The molecule has 8 aliphatic rings. The van der Waals surface area contributed by atoms with E-state index in [9.17, 15) is 40.9 Å². The Labute approximate surface area is 802 Å². The van der Waals surface area contributed by atoms with Gasteiger partial charge < -0.3 is 70.6 Å². The van der Waals surface area contributed by atoms with E-state index in [2.05, 4.69) is 221 Å². The van der Waals surface area contributed by atoms with Crippen LogP contribution in [0.2, 0.25) is 10.3 Å². The lowest BCUT2D eigenvalue weighted by Crippen LogP contribution is -2.35. The van der Waals surface area contributed by atoms with E-state index in [4.69, 9.17) is 34.7 Å². The van der Waals surface area contributed by atoms with E-state index in [1.54, 1.807) is 25.3 Å². The second kappa shape index (κ2) is 34.3. The number of allylic oxidation sites excluding steroid dienone is 2. The van der Waals surface area contributed by atoms with Crippen molar-refractivity contribution in [1.82, 2.24) is 78.1 Å². The molecule has 0 amide bonds. The van der Waals surface area contributed by atoms with Crippen molar-refractivity contribution in [2.24, 2.45) is 21.7 Å². The number of fused-ring (bicyclic) bond motifs is 8. The molecule has 24 rings (SSSR count). The van der Waals surface area contributed by atoms with E-state index in [1.807, 2.05) is 119 Å². The zero-order chi connectivity index (χ0) is 91.6. The van der Waals surface area contributed by atoms with Gasteiger partial charge in [0.25, 0.3) is 0 Å². The van der Waals surface area contributed by atoms with Gasteiger partial charge in [0.2, 0.25) is 0 Å². The lowest BCUT2D eigenvalue weighted by Gasteiger charge is -2.28. The van der Waals surface area contributed by atoms with Gasteiger partial charge in [0, 0.05) is 101 Å². The number of aromatic nitrogens is 16. The Morgan fingerprint density at radius 3 is 0.977 bits per heavy atom. The summed E-state index contributed by atoms with van der Waals surface area (Å²) in [7, 11) is 0. The maximum Gasteiger partial charge on any atom is 0.143 e. The molecule has 4 aromatic carbocycles. The van der Waals surface area contributed by atoms with Crippen molar-refractivity contribution < 1.29 is 40.9 Å². The summed E-state index contributed by atoms with van der Waals surface area (Å²) in [6.07, 6.45) is 25.5. The van der Waals surface area contributed by atoms with Gasteiger partial charge in [-0.15, -0.1) is 0 Å². The Morgan fingerprint density at radius 2 is 0.636 bits per heavy atom. The van der Waals surface area contributed by atoms with Crippen LogP contribution in [0.5, 0.6) is 0 Å². The van der Waals surface area contributed by atoms with Crippen molar-refractivity contribution in [2.45, 2.75) is 201 Å². The molecule has 6 fully saturated rings. The number of hydrogen-bond acceptors (Lipinski definition) is 22. The molecule has 20 atom stereocenters. The van der Waals surface area contributed by atoms with Gasteiger partial charge in [0.15, 0.2) is 0 Å². The number of aliphatic hydroxyl groups is 8. The Morgan fingerprint density at radius 1 is 0.341 bits per heavy atom. The van der Waals surface area contributed by atoms with Crippen LogP contribution >= 0.6 is 86.9 Å². The van der Waals surface area contributed by atoms with Crippen molar-refractivity contribution in [3.63, 3.8) is 0 Å². The molecule has 0 unspecified atom stereocenters. The molecule has 132 heavy (non-hydrogen) atoms. The number of benzene rings is 4. The lowest BCUT2D eigenvalue weighted by molar-refractivity contribution is -0.0260. The van der Waals surface area contributed by atoms with E-state index in [0.29, 0.717) is 46.6 Å². The van der Waals surface area contributed by atoms with Gasteiger partial charge in [-0.25, -0.2) is 59.8 Å². The highest BCUT2D eigenvalue weighted by Crippen LogP contribution is 2.62. The Bertz CT molecular complexity index is 6940. The number of aryl methyl sites for hydroxylation is 4. The maximum atomic E-state index is 11.2. The molecule has 676 valence electrons. The third kappa shape index (κ3) is 15.3. The number of rotatable bonds is 8. The topological polar surface area (TPSA) is 388 Å². The molecule has 26 nitrogen and oxygen atoms in total. The number of anilines is 2. The zero-order valence-corrected chi connectivity index (χ0v) is 80.2. The number of nitrogen functional groups attached to an aromatic ring is 2. The molecule has 32 heteroatoms. The van der Waals surface area contributed by atoms with Gasteiger partial charge >= 0.3 is 0 Å². The highest BCUT2D eigenvalue weighted by Gasteiger charge is 2.60. The average molecular weight is 2070 g/mol. The average Bonchev–Trinajstić information content (AvgIpc) is 1.59. The first-order valence-corrected chi connectivity index (χ1v) is 48.6. The van der Waals surface area contributed by atoms with Gasteiger partial charge in [-0.3, -0.25) is 0 Å². The fourth-order valence-electron chi connectivity index (χ4n) is 23.6. The van der Waals surface area contributed by atoms with Gasteiger partial charge in [0.05, 0.1) is 111 Å². The summed E-state index contributed by atoms with van der Waals surface area (Å²) in [5.74, 6) is 1.82. The van der Waals surface area contributed by atoms with Gasteiger partial charge in [0.1, 0.15) is 94.3 Å². The van der Waals surface area contributed by atoms with Crippen LogP contribution < -0.4 is 11.5 Å². The Balaban J connectivity index is 0.000000106. The third-order valence-corrected chi connectivity index (χ3v) is 34.2. The van der Waals surface area contributed by atoms with Crippen molar-refractivity contribution in [3.8, 4) is 0 Å².